The SMILES string of the molecule is C[C@H](CCC(=O)NCC(=O)O)[C@H]1CC[C@H]2[C@@H]3[C@H](O)CC4C[C@H](OC(=O)NCCCl)CC[C@]4(C)[C@H]3C[C@H](O)[C@]12C. The van der Waals surface area contributed by atoms with Crippen molar-refractivity contribution in [1.29, 1.82) is 0 Å². The van der Waals surface area contributed by atoms with E-state index in [0.29, 0.717) is 31.7 Å². The van der Waals surface area contributed by atoms with Crippen LogP contribution in [0.3, 0.4) is 0 Å². The van der Waals surface area contributed by atoms with Crippen molar-refractivity contribution < 1.29 is 34.4 Å². The van der Waals surface area contributed by atoms with Gasteiger partial charge in [-0.25, -0.2) is 4.79 Å². The number of carboxylic acids is 1. The summed E-state index contributed by atoms with van der Waals surface area (Å²) in [6.07, 6.45) is 5.03. The third kappa shape index (κ3) is 5.91. The van der Waals surface area contributed by atoms with Gasteiger partial charge < -0.3 is 30.7 Å². The van der Waals surface area contributed by atoms with E-state index in [9.17, 15) is 24.6 Å². The summed E-state index contributed by atoms with van der Waals surface area (Å²) < 4.78 is 5.68. The second-order valence-electron chi connectivity index (χ2n) is 13.2. The number of ether oxygens (including phenoxy) is 1. The molecule has 5 N–H and O–H groups in total. The van der Waals surface area contributed by atoms with Crippen molar-refractivity contribution in [1.82, 2.24) is 10.6 Å². The van der Waals surface area contributed by atoms with Crippen molar-refractivity contribution in [2.75, 3.05) is 19.0 Å². The van der Waals surface area contributed by atoms with E-state index >= 15 is 0 Å². The lowest BCUT2D eigenvalue weighted by Gasteiger charge is -2.63. The molecule has 10 heteroatoms. The highest BCUT2D eigenvalue weighted by Crippen LogP contribution is 2.68. The second kappa shape index (κ2) is 12.1. The number of alkyl carbamates (subject to hydrolysis) is 1. The van der Waals surface area contributed by atoms with Gasteiger partial charge in [0.05, 0.1) is 12.2 Å². The average Bonchev–Trinajstić information content (AvgIpc) is 3.24. The molecular weight excluding hydrogens is 524 g/mol. The first-order chi connectivity index (χ1) is 18.4. The van der Waals surface area contributed by atoms with Crippen LogP contribution in [-0.4, -0.2) is 70.6 Å². The van der Waals surface area contributed by atoms with Crippen LogP contribution in [0, 0.1) is 46.3 Å². The Morgan fingerprint density at radius 3 is 2.49 bits per heavy atom. The number of carboxylic acid groups (broad SMARTS) is 1. The maximum Gasteiger partial charge on any atom is 0.407 e. The molecule has 0 heterocycles. The fraction of sp³-hybridized carbons (Fsp3) is 0.897. The summed E-state index contributed by atoms with van der Waals surface area (Å²) in [7, 11) is 0. The number of aliphatic hydroxyl groups is 2. The van der Waals surface area contributed by atoms with Crippen LogP contribution in [0.2, 0.25) is 0 Å². The van der Waals surface area contributed by atoms with Crippen LogP contribution in [0.5, 0.6) is 0 Å². The smallest absolute Gasteiger partial charge is 0.407 e. The molecule has 0 aromatic rings. The van der Waals surface area contributed by atoms with Gasteiger partial charge >= 0.3 is 12.1 Å². The van der Waals surface area contributed by atoms with Crippen molar-refractivity contribution in [2.24, 2.45) is 46.3 Å². The quantitative estimate of drug-likeness (QED) is 0.267. The molecule has 11 atom stereocenters. The Balaban J connectivity index is 1.43. The number of alkyl halides is 1. The topological polar surface area (TPSA) is 145 Å². The van der Waals surface area contributed by atoms with Crippen LogP contribution in [0.1, 0.15) is 78.6 Å². The molecule has 4 aliphatic carbocycles. The van der Waals surface area contributed by atoms with E-state index in [1.165, 1.54) is 0 Å². The summed E-state index contributed by atoms with van der Waals surface area (Å²) in [6.45, 7) is 6.66. The summed E-state index contributed by atoms with van der Waals surface area (Å²) in [6, 6.07) is 0. The van der Waals surface area contributed by atoms with Crippen molar-refractivity contribution in [2.45, 2.75) is 96.9 Å². The van der Waals surface area contributed by atoms with Crippen LogP contribution in [-0.2, 0) is 14.3 Å². The molecule has 222 valence electrons. The lowest BCUT2D eigenvalue weighted by atomic mass is 9.43. The minimum absolute atomic E-state index is 0.0232. The van der Waals surface area contributed by atoms with E-state index in [1.807, 2.05) is 0 Å². The van der Waals surface area contributed by atoms with Crippen LogP contribution in [0.15, 0.2) is 0 Å². The van der Waals surface area contributed by atoms with Gasteiger partial charge in [0.25, 0.3) is 0 Å². The number of hydrogen-bond acceptors (Lipinski definition) is 6. The molecule has 0 saturated heterocycles. The Hall–Kier alpha value is -1.58. The average molecular weight is 571 g/mol. The number of fused-ring (bicyclic) bond motifs is 5. The van der Waals surface area contributed by atoms with E-state index in [4.69, 9.17) is 21.4 Å². The molecule has 0 bridgehead atoms. The summed E-state index contributed by atoms with van der Waals surface area (Å²) >= 11 is 5.66. The Kier molecular flexibility index (Phi) is 9.44. The van der Waals surface area contributed by atoms with E-state index in [1.54, 1.807) is 0 Å². The zero-order valence-electron chi connectivity index (χ0n) is 23.5. The van der Waals surface area contributed by atoms with Crippen molar-refractivity contribution in [3.8, 4) is 0 Å². The molecular formula is C29H47ClN2O7. The number of nitrogens with one attached hydrogen (secondary N) is 2. The molecule has 0 aliphatic heterocycles. The maximum absolute atomic E-state index is 12.1. The first kappa shape index (κ1) is 30.4. The highest BCUT2D eigenvalue weighted by molar-refractivity contribution is 6.18. The molecule has 4 rings (SSSR count). The Labute approximate surface area is 236 Å². The molecule has 0 aromatic carbocycles. The number of aliphatic hydroxyl groups excluding tert-OH is 2. The molecule has 2 amide bonds. The number of aliphatic carboxylic acids is 1. The van der Waals surface area contributed by atoms with E-state index in [2.05, 4.69) is 31.4 Å². The molecule has 9 nitrogen and oxygen atoms in total. The van der Waals surface area contributed by atoms with Gasteiger partial charge in [-0.15, -0.1) is 11.6 Å². The fourth-order valence-corrected chi connectivity index (χ4v) is 9.48. The standard InChI is InChI=1S/C29H47ClN2O7/c1-16(4-7-24(35)32-15-25(36)37)19-5-6-20-26-21(14-23(34)29(19,20)3)28(2)9-8-18(12-17(28)13-22(26)33)39-27(38)31-11-10-30/h16-23,26,33-34H,4-15H2,1-3H3,(H,31,38)(H,32,35)(H,36,37)/t16-,17?,18-,19-,20+,21+,22-,23+,26+,28+,29-/m1/s1. The Morgan fingerprint density at radius 1 is 1.05 bits per heavy atom. The van der Waals surface area contributed by atoms with Gasteiger partial charge in [0.1, 0.15) is 12.6 Å². The molecule has 0 aromatic heterocycles. The predicted molar refractivity (Wildman–Crippen MR) is 146 cm³/mol. The van der Waals surface area contributed by atoms with Gasteiger partial charge in [0, 0.05) is 18.8 Å². The van der Waals surface area contributed by atoms with Crippen LogP contribution >= 0.6 is 11.6 Å². The molecule has 39 heavy (non-hydrogen) atoms. The predicted octanol–water partition coefficient (Wildman–Crippen LogP) is 3.54. The number of carbonyl (C=O) groups is 3. The minimum atomic E-state index is -1.06. The largest absolute Gasteiger partial charge is 0.480 e. The van der Waals surface area contributed by atoms with Crippen molar-refractivity contribution in [3.63, 3.8) is 0 Å². The van der Waals surface area contributed by atoms with Gasteiger partial charge in [-0.2, -0.15) is 0 Å². The molecule has 0 radical (unpaired) electrons. The van der Waals surface area contributed by atoms with E-state index in [-0.39, 0.29) is 71.3 Å². The van der Waals surface area contributed by atoms with Gasteiger partial charge in [0.15, 0.2) is 0 Å². The lowest BCUT2D eigenvalue weighted by Crippen LogP contribution is -2.62. The number of carbonyl (C=O) groups excluding carboxylic acids is 2. The third-order valence-electron chi connectivity index (χ3n) is 11.4. The van der Waals surface area contributed by atoms with Gasteiger partial charge in [0.2, 0.25) is 5.91 Å². The number of hydrogen-bond donors (Lipinski definition) is 5. The highest BCUT2D eigenvalue weighted by Gasteiger charge is 2.65. The van der Waals surface area contributed by atoms with Gasteiger partial charge in [-0.1, -0.05) is 20.8 Å². The number of amides is 2. The Bertz CT molecular complexity index is 920. The number of rotatable bonds is 9. The highest BCUT2D eigenvalue weighted by atomic mass is 35.5. The van der Waals surface area contributed by atoms with Gasteiger partial charge in [-0.05, 0) is 97.7 Å². The molecule has 4 saturated carbocycles. The van der Waals surface area contributed by atoms with Crippen LogP contribution in [0.25, 0.3) is 0 Å². The summed E-state index contributed by atoms with van der Waals surface area (Å²) in [5, 5.41) is 37.2. The van der Waals surface area contributed by atoms with Crippen molar-refractivity contribution in [3.05, 3.63) is 0 Å². The lowest BCUT2D eigenvalue weighted by molar-refractivity contribution is -0.206. The molecule has 4 fully saturated rings. The van der Waals surface area contributed by atoms with Crippen LogP contribution < -0.4 is 10.6 Å². The monoisotopic (exact) mass is 570 g/mol. The second-order valence-corrected chi connectivity index (χ2v) is 13.6. The van der Waals surface area contributed by atoms with Crippen LogP contribution in [0.4, 0.5) is 4.79 Å². The van der Waals surface area contributed by atoms with E-state index in [0.717, 1.165) is 32.1 Å². The first-order valence-corrected chi connectivity index (χ1v) is 15.3. The zero-order chi connectivity index (χ0) is 28.5. The third-order valence-corrected chi connectivity index (χ3v) is 11.6. The summed E-state index contributed by atoms with van der Waals surface area (Å²) in [5.41, 5.74) is -0.353. The van der Waals surface area contributed by atoms with Crippen molar-refractivity contribution >= 4 is 29.6 Å². The summed E-state index contributed by atoms with van der Waals surface area (Å²) in [4.78, 5) is 35.0. The summed E-state index contributed by atoms with van der Waals surface area (Å²) in [5.74, 6) is 0.223. The first-order valence-electron chi connectivity index (χ1n) is 14.8. The normalized spacial score (nSPS) is 41.9. The fourth-order valence-electron chi connectivity index (χ4n) is 9.39. The zero-order valence-corrected chi connectivity index (χ0v) is 24.3. The molecule has 4 aliphatic rings. The number of halogens is 1. The molecule has 1 unspecified atom stereocenters. The molecule has 0 spiro atoms. The van der Waals surface area contributed by atoms with Gasteiger partial charge in [-0.3, -0.25) is 9.59 Å². The maximum atomic E-state index is 12.1. The Morgan fingerprint density at radius 2 is 1.79 bits per heavy atom. The minimum Gasteiger partial charge on any atom is -0.480 e. The van der Waals surface area contributed by atoms with E-state index < -0.39 is 24.3 Å².